The van der Waals surface area contributed by atoms with Crippen molar-refractivity contribution in [2.45, 2.75) is 65.3 Å². The summed E-state index contributed by atoms with van der Waals surface area (Å²) in [6.07, 6.45) is 5.76. The minimum absolute atomic E-state index is 0.0118. The summed E-state index contributed by atoms with van der Waals surface area (Å²) in [6.45, 7) is 14.4. The van der Waals surface area contributed by atoms with Crippen LogP contribution < -0.4 is 10.6 Å². The van der Waals surface area contributed by atoms with Crippen LogP contribution in [0.5, 0.6) is 0 Å². The van der Waals surface area contributed by atoms with Gasteiger partial charge in [0.2, 0.25) is 5.91 Å². The molecule has 2 aromatic rings. The summed E-state index contributed by atoms with van der Waals surface area (Å²) in [4.78, 5) is 30.8. The summed E-state index contributed by atoms with van der Waals surface area (Å²) in [5, 5.41) is 6.09. The molecular formula is C31H44N4O2. The predicted molar refractivity (Wildman–Crippen MR) is 154 cm³/mol. The van der Waals surface area contributed by atoms with Crippen LogP contribution in [0.3, 0.4) is 0 Å². The number of piperazine rings is 1. The molecule has 0 spiro atoms. The average molecular weight is 505 g/mol. The summed E-state index contributed by atoms with van der Waals surface area (Å²) >= 11 is 0. The van der Waals surface area contributed by atoms with Crippen molar-refractivity contribution in [3.63, 3.8) is 0 Å². The number of amides is 3. The summed E-state index contributed by atoms with van der Waals surface area (Å²) in [5.74, 6) is 0.569. The molecule has 1 atom stereocenters. The Kier molecular flexibility index (Phi) is 10.8. The van der Waals surface area contributed by atoms with Gasteiger partial charge in [0.25, 0.3) is 0 Å². The number of benzene rings is 2. The highest BCUT2D eigenvalue weighted by Crippen LogP contribution is 2.32. The molecule has 0 aliphatic carbocycles. The van der Waals surface area contributed by atoms with Gasteiger partial charge in [-0.3, -0.25) is 9.69 Å². The number of hydrogen-bond acceptors (Lipinski definition) is 3. The third-order valence-electron chi connectivity index (χ3n) is 6.95. The molecule has 1 aliphatic rings. The van der Waals surface area contributed by atoms with Crippen LogP contribution in [0.2, 0.25) is 0 Å². The van der Waals surface area contributed by atoms with Gasteiger partial charge in [-0.1, -0.05) is 102 Å². The van der Waals surface area contributed by atoms with Gasteiger partial charge in [-0.25, -0.2) is 4.79 Å². The zero-order valence-corrected chi connectivity index (χ0v) is 23.2. The van der Waals surface area contributed by atoms with E-state index in [1.54, 1.807) is 0 Å². The van der Waals surface area contributed by atoms with E-state index >= 15 is 0 Å². The first-order valence-corrected chi connectivity index (χ1v) is 13.7. The lowest BCUT2D eigenvalue weighted by atomic mass is 9.93. The van der Waals surface area contributed by atoms with Crippen LogP contribution in [-0.4, -0.2) is 60.5 Å². The molecule has 6 heteroatoms. The number of anilines is 1. The summed E-state index contributed by atoms with van der Waals surface area (Å²) in [7, 11) is 0. The number of hydrogen-bond donors (Lipinski definition) is 2. The fraction of sp³-hybridized carbons (Fsp3) is 0.484. The topological polar surface area (TPSA) is 64.7 Å². The van der Waals surface area contributed by atoms with Gasteiger partial charge in [-0.05, 0) is 34.9 Å². The summed E-state index contributed by atoms with van der Waals surface area (Å²) < 4.78 is 0. The molecule has 37 heavy (non-hydrogen) atoms. The van der Waals surface area contributed by atoms with Crippen LogP contribution in [-0.2, 0) is 4.79 Å². The largest absolute Gasteiger partial charge is 0.338 e. The molecule has 0 bridgehead atoms. The van der Waals surface area contributed by atoms with Crippen molar-refractivity contribution in [3.05, 3.63) is 71.3 Å². The molecular weight excluding hydrogens is 460 g/mol. The van der Waals surface area contributed by atoms with E-state index in [4.69, 9.17) is 0 Å². The summed E-state index contributed by atoms with van der Waals surface area (Å²) in [5.41, 5.74) is 4.28. The van der Waals surface area contributed by atoms with Crippen molar-refractivity contribution in [1.29, 1.82) is 0 Å². The minimum Gasteiger partial charge on any atom is -0.338 e. The molecule has 1 fully saturated rings. The Morgan fingerprint density at radius 1 is 0.892 bits per heavy atom. The molecule has 2 N–H and O–H groups in total. The number of para-hydroxylation sites is 1. The van der Waals surface area contributed by atoms with Gasteiger partial charge in [0.15, 0.2) is 0 Å². The van der Waals surface area contributed by atoms with E-state index in [1.807, 2.05) is 36.1 Å². The molecule has 3 rings (SSSR count). The van der Waals surface area contributed by atoms with Crippen molar-refractivity contribution in [3.8, 4) is 0 Å². The van der Waals surface area contributed by atoms with Gasteiger partial charge in [0.1, 0.15) is 6.04 Å². The van der Waals surface area contributed by atoms with Crippen molar-refractivity contribution in [1.82, 2.24) is 15.1 Å². The van der Waals surface area contributed by atoms with E-state index in [0.29, 0.717) is 19.5 Å². The molecule has 0 saturated carbocycles. The lowest BCUT2D eigenvalue weighted by Gasteiger charge is -2.36. The van der Waals surface area contributed by atoms with Crippen LogP contribution >= 0.6 is 0 Å². The smallest absolute Gasteiger partial charge is 0.319 e. The van der Waals surface area contributed by atoms with E-state index in [1.165, 1.54) is 5.56 Å². The molecule has 1 unspecified atom stereocenters. The van der Waals surface area contributed by atoms with Crippen molar-refractivity contribution < 1.29 is 9.59 Å². The van der Waals surface area contributed by atoms with Crippen LogP contribution in [0.1, 0.15) is 76.0 Å². The number of nitrogens with one attached hydrogen (secondary N) is 2. The van der Waals surface area contributed by atoms with Crippen LogP contribution in [0.15, 0.2) is 54.6 Å². The SMILES string of the molecule is CCCC(NC(=O)Nc1c(C(C)C)cccc1C(C)C)C(=O)N1CCN(C/C=C/c2ccccc2)CC1. The lowest BCUT2D eigenvalue weighted by Crippen LogP contribution is -2.55. The Bertz CT molecular complexity index is 1010. The predicted octanol–water partition coefficient (Wildman–Crippen LogP) is 6.08. The van der Waals surface area contributed by atoms with E-state index in [9.17, 15) is 9.59 Å². The number of rotatable bonds is 10. The normalized spacial score (nSPS) is 15.4. The fourth-order valence-electron chi connectivity index (χ4n) is 4.82. The van der Waals surface area contributed by atoms with Crippen LogP contribution in [0.25, 0.3) is 6.08 Å². The van der Waals surface area contributed by atoms with Gasteiger partial charge < -0.3 is 15.5 Å². The van der Waals surface area contributed by atoms with Gasteiger partial charge in [0.05, 0.1) is 0 Å². The monoisotopic (exact) mass is 504 g/mol. The quantitative estimate of drug-likeness (QED) is 0.412. The third-order valence-corrected chi connectivity index (χ3v) is 6.95. The molecule has 1 aliphatic heterocycles. The molecule has 0 radical (unpaired) electrons. The van der Waals surface area contributed by atoms with E-state index in [-0.39, 0.29) is 23.8 Å². The Morgan fingerprint density at radius 3 is 2.08 bits per heavy atom. The minimum atomic E-state index is -0.525. The molecule has 0 aromatic heterocycles. The fourth-order valence-corrected chi connectivity index (χ4v) is 4.82. The Balaban J connectivity index is 1.57. The first-order chi connectivity index (χ1) is 17.8. The molecule has 200 valence electrons. The van der Waals surface area contributed by atoms with Crippen molar-refractivity contribution in [2.24, 2.45) is 0 Å². The molecule has 1 saturated heterocycles. The van der Waals surface area contributed by atoms with E-state index in [0.717, 1.165) is 42.9 Å². The van der Waals surface area contributed by atoms with Gasteiger partial charge >= 0.3 is 6.03 Å². The number of carbonyl (C=O) groups excluding carboxylic acids is 2. The number of nitrogens with zero attached hydrogens (tertiary/aromatic N) is 2. The molecule has 1 heterocycles. The van der Waals surface area contributed by atoms with E-state index < -0.39 is 6.04 Å². The van der Waals surface area contributed by atoms with Crippen molar-refractivity contribution in [2.75, 3.05) is 38.0 Å². The van der Waals surface area contributed by atoms with Crippen LogP contribution in [0, 0.1) is 0 Å². The molecule has 2 aromatic carbocycles. The second kappa shape index (κ2) is 14.0. The number of urea groups is 1. The highest BCUT2D eigenvalue weighted by molar-refractivity contribution is 5.95. The zero-order valence-electron chi connectivity index (χ0n) is 23.2. The maximum absolute atomic E-state index is 13.4. The lowest BCUT2D eigenvalue weighted by molar-refractivity contribution is -0.135. The Hall–Kier alpha value is -3.12. The second-order valence-electron chi connectivity index (χ2n) is 10.5. The zero-order chi connectivity index (χ0) is 26.8. The average Bonchev–Trinajstić information content (AvgIpc) is 2.89. The van der Waals surface area contributed by atoms with Crippen molar-refractivity contribution >= 4 is 23.7 Å². The summed E-state index contributed by atoms with van der Waals surface area (Å²) in [6, 6.07) is 15.6. The highest BCUT2D eigenvalue weighted by atomic mass is 16.2. The maximum Gasteiger partial charge on any atom is 0.319 e. The standard InChI is InChI=1S/C31H44N4O2/c1-6-12-28(32-31(37)33-29-26(23(2)3)16-10-17-27(29)24(4)5)30(36)35-21-19-34(20-22-35)18-11-15-25-13-8-7-9-14-25/h7-11,13-17,23-24,28H,6,12,18-22H2,1-5H3,(H2,32,33,37)/b15-11+. The first kappa shape index (κ1) is 28.5. The van der Waals surface area contributed by atoms with E-state index in [2.05, 4.69) is 79.6 Å². The third kappa shape index (κ3) is 8.19. The maximum atomic E-state index is 13.4. The number of carbonyl (C=O) groups is 2. The molecule has 6 nitrogen and oxygen atoms in total. The Morgan fingerprint density at radius 2 is 1.51 bits per heavy atom. The first-order valence-electron chi connectivity index (χ1n) is 13.7. The Labute approximate surface area is 223 Å². The van der Waals surface area contributed by atoms with Gasteiger partial charge in [-0.2, -0.15) is 0 Å². The molecule has 3 amide bonds. The van der Waals surface area contributed by atoms with Crippen LogP contribution in [0.4, 0.5) is 10.5 Å². The second-order valence-corrected chi connectivity index (χ2v) is 10.5. The highest BCUT2D eigenvalue weighted by Gasteiger charge is 2.28. The van der Waals surface area contributed by atoms with Gasteiger partial charge in [0, 0.05) is 38.4 Å². The van der Waals surface area contributed by atoms with Gasteiger partial charge in [-0.15, -0.1) is 0 Å².